The van der Waals surface area contributed by atoms with Crippen molar-refractivity contribution < 1.29 is 9.53 Å². The summed E-state index contributed by atoms with van der Waals surface area (Å²) >= 11 is 0. The number of carbonyl (C=O) groups is 1. The second-order valence-corrected chi connectivity index (χ2v) is 4.74. The van der Waals surface area contributed by atoms with Crippen molar-refractivity contribution in [3.8, 4) is 0 Å². The molecule has 0 bridgehead atoms. The third kappa shape index (κ3) is 6.77. The molecule has 0 heterocycles. The summed E-state index contributed by atoms with van der Waals surface area (Å²) in [5.74, 6) is 0.499. The first-order valence-electron chi connectivity index (χ1n) is 6.38. The molecule has 0 amide bonds. The molecule has 0 fully saturated rings. The zero-order valence-corrected chi connectivity index (χ0v) is 10.8. The molecule has 0 aromatic heterocycles. The number of esters is 1. The van der Waals surface area contributed by atoms with Crippen LogP contribution >= 0.6 is 0 Å². The lowest BCUT2D eigenvalue weighted by Gasteiger charge is -2.06. The molecular formula is C15H22O2. The molecule has 0 radical (unpaired) electrons. The first kappa shape index (κ1) is 13.8. The van der Waals surface area contributed by atoms with Gasteiger partial charge in [-0.05, 0) is 30.7 Å². The van der Waals surface area contributed by atoms with Gasteiger partial charge in [-0.3, -0.25) is 4.79 Å². The molecule has 2 nitrogen and oxygen atoms in total. The Balaban J connectivity index is 2.06. The highest BCUT2D eigenvalue weighted by molar-refractivity contribution is 5.69. The van der Waals surface area contributed by atoms with Crippen LogP contribution in [0.1, 0.15) is 38.7 Å². The van der Waals surface area contributed by atoms with Gasteiger partial charge < -0.3 is 4.74 Å². The zero-order chi connectivity index (χ0) is 12.5. The molecule has 1 rings (SSSR count). The van der Waals surface area contributed by atoms with E-state index in [0.29, 0.717) is 18.9 Å². The first-order chi connectivity index (χ1) is 8.18. The fourth-order valence-electron chi connectivity index (χ4n) is 1.59. The van der Waals surface area contributed by atoms with Gasteiger partial charge in [0.05, 0.1) is 6.61 Å². The fourth-order valence-corrected chi connectivity index (χ4v) is 1.59. The van der Waals surface area contributed by atoms with Gasteiger partial charge in [-0.1, -0.05) is 44.2 Å². The molecule has 0 N–H and O–H groups in total. The standard InChI is InChI=1S/C15H22O2/c1-13(2)10-11-15(16)17-12-6-9-14-7-4-3-5-8-14/h3-5,7-8,13H,6,9-12H2,1-2H3. The topological polar surface area (TPSA) is 26.3 Å². The van der Waals surface area contributed by atoms with Crippen LogP contribution < -0.4 is 0 Å². The molecule has 0 unspecified atom stereocenters. The van der Waals surface area contributed by atoms with Crippen molar-refractivity contribution in [1.29, 1.82) is 0 Å². The van der Waals surface area contributed by atoms with Crippen LogP contribution in [0.4, 0.5) is 0 Å². The Morgan fingerprint density at radius 1 is 1.24 bits per heavy atom. The molecule has 0 saturated carbocycles. The van der Waals surface area contributed by atoms with Gasteiger partial charge in [-0.15, -0.1) is 0 Å². The number of hydrogen-bond acceptors (Lipinski definition) is 2. The van der Waals surface area contributed by atoms with Crippen molar-refractivity contribution in [2.45, 2.75) is 39.5 Å². The lowest BCUT2D eigenvalue weighted by Crippen LogP contribution is -2.07. The van der Waals surface area contributed by atoms with Crippen LogP contribution in [-0.2, 0) is 16.0 Å². The Hall–Kier alpha value is -1.31. The van der Waals surface area contributed by atoms with E-state index in [2.05, 4.69) is 26.0 Å². The summed E-state index contributed by atoms with van der Waals surface area (Å²) in [6.45, 7) is 4.76. The predicted molar refractivity (Wildman–Crippen MR) is 69.8 cm³/mol. The summed E-state index contributed by atoms with van der Waals surface area (Å²) < 4.78 is 5.18. The molecular weight excluding hydrogens is 212 g/mol. The molecule has 0 aliphatic carbocycles. The molecule has 0 aliphatic rings. The highest BCUT2D eigenvalue weighted by Gasteiger charge is 2.04. The van der Waals surface area contributed by atoms with Gasteiger partial charge in [0, 0.05) is 6.42 Å². The Labute approximate surface area is 104 Å². The van der Waals surface area contributed by atoms with Crippen LogP contribution in [-0.4, -0.2) is 12.6 Å². The van der Waals surface area contributed by atoms with Crippen LogP contribution in [0, 0.1) is 5.92 Å². The van der Waals surface area contributed by atoms with E-state index in [1.54, 1.807) is 0 Å². The van der Waals surface area contributed by atoms with Crippen LogP contribution in [0.2, 0.25) is 0 Å². The Bertz CT molecular complexity index is 317. The van der Waals surface area contributed by atoms with E-state index in [-0.39, 0.29) is 5.97 Å². The molecule has 17 heavy (non-hydrogen) atoms. The van der Waals surface area contributed by atoms with Crippen molar-refractivity contribution in [3.63, 3.8) is 0 Å². The molecule has 0 atom stereocenters. The maximum absolute atomic E-state index is 11.3. The second-order valence-electron chi connectivity index (χ2n) is 4.74. The number of ether oxygens (including phenoxy) is 1. The van der Waals surface area contributed by atoms with Gasteiger partial charge in [0.1, 0.15) is 0 Å². The van der Waals surface area contributed by atoms with Gasteiger partial charge in [0.15, 0.2) is 0 Å². The Kier molecular flexibility index (Phi) is 6.38. The summed E-state index contributed by atoms with van der Waals surface area (Å²) in [7, 11) is 0. The largest absolute Gasteiger partial charge is 0.466 e. The third-order valence-corrected chi connectivity index (χ3v) is 2.64. The van der Waals surface area contributed by atoms with E-state index in [1.165, 1.54) is 5.56 Å². The maximum Gasteiger partial charge on any atom is 0.305 e. The number of rotatable bonds is 7. The van der Waals surface area contributed by atoms with Crippen LogP contribution in [0.25, 0.3) is 0 Å². The monoisotopic (exact) mass is 234 g/mol. The van der Waals surface area contributed by atoms with E-state index >= 15 is 0 Å². The van der Waals surface area contributed by atoms with E-state index in [0.717, 1.165) is 19.3 Å². The normalized spacial score (nSPS) is 10.5. The number of hydrogen-bond donors (Lipinski definition) is 0. The van der Waals surface area contributed by atoms with Crippen LogP contribution in [0.5, 0.6) is 0 Å². The molecule has 0 spiro atoms. The number of benzene rings is 1. The van der Waals surface area contributed by atoms with Gasteiger partial charge in [-0.25, -0.2) is 0 Å². The van der Waals surface area contributed by atoms with E-state index in [1.807, 2.05) is 18.2 Å². The van der Waals surface area contributed by atoms with Crippen molar-refractivity contribution in [2.24, 2.45) is 5.92 Å². The van der Waals surface area contributed by atoms with Gasteiger partial charge in [0.25, 0.3) is 0 Å². The maximum atomic E-state index is 11.3. The van der Waals surface area contributed by atoms with Crippen molar-refractivity contribution in [2.75, 3.05) is 6.61 Å². The minimum atomic E-state index is -0.0632. The minimum absolute atomic E-state index is 0.0632. The van der Waals surface area contributed by atoms with E-state index in [4.69, 9.17) is 4.74 Å². The summed E-state index contributed by atoms with van der Waals surface area (Å²) in [4.78, 5) is 11.3. The summed E-state index contributed by atoms with van der Waals surface area (Å²) in [6, 6.07) is 10.3. The molecule has 1 aromatic rings. The molecule has 2 heteroatoms. The van der Waals surface area contributed by atoms with Crippen molar-refractivity contribution in [1.82, 2.24) is 0 Å². The van der Waals surface area contributed by atoms with Gasteiger partial charge >= 0.3 is 5.97 Å². The lowest BCUT2D eigenvalue weighted by molar-refractivity contribution is -0.144. The fraction of sp³-hybridized carbons (Fsp3) is 0.533. The van der Waals surface area contributed by atoms with Gasteiger partial charge in [0.2, 0.25) is 0 Å². The highest BCUT2D eigenvalue weighted by atomic mass is 16.5. The Morgan fingerprint density at radius 3 is 2.59 bits per heavy atom. The van der Waals surface area contributed by atoms with Crippen LogP contribution in [0.15, 0.2) is 30.3 Å². The number of aryl methyl sites for hydroxylation is 1. The predicted octanol–water partition coefficient (Wildman–Crippen LogP) is 3.60. The smallest absolute Gasteiger partial charge is 0.305 e. The van der Waals surface area contributed by atoms with E-state index in [9.17, 15) is 4.79 Å². The average molecular weight is 234 g/mol. The molecule has 1 aromatic carbocycles. The summed E-state index contributed by atoms with van der Waals surface area (Å²) in [5.41, 5.74) is 1.30. The summed E-state index contributed by atoms with van der Waals surface area (Å²) in [5, 5.41) is 0. The first-order valence-corrected chi connectivity index (χ1v) is 6.38. The van der Waals surface area contributed by atoms with E-state index < -0.39 is 0 Å². The quantitative estimate of drug-likeness (QED) is 0.532. The molecule has 94 valence electrons. The van der Waals surface area contributed by atoms with Crippen molar-refractivity contribution >= 4 is 5.97 Å². The van der Waals surface area contributed by atoms with Crippen molar-refractivity contribution in [3.05, 3.63) is 35.9 Å². The molecule has 0 saturated heterocycles. The zero-order valence-electron chi connectivity index (χ0n) is 10.8. The summed E-state index contributed by atoms with van der Waals surface area (Å²) in [6.07, 6.45) is 3.33. The second kappa shape index (κ2) is 7.88. The third-order valence-electron chi connectivity index (χ3n) is 2.64. The van der Waals surface area contributed by atoms with Gasteiger partial charge in [-0.2, -0.15) is 0 Å². The van der Waals surface area contributed by atoms with Crippen LogP contribution in [0.3, 0.4) is 0 Å². The Morgan fingerprint density at radius 2 is 1.94 bits per heavy atom. The SMILES string of the molecule is CC(C)CCC(=O)OCCCc1ccccc1. The number of carbonyl (C=O) groups excluding carboxylic acids is 1. The average Bonchev–Trinajstić information content (AvgIpc) is 2.33. The molecule has 0 aliphatic heterocycles. The highest BCUT2D eigenvalue weighted by Crippen LogP contribution is 2.06. The lowest BCUT2D eigenvalue weighted by atomic mass is 10.1. The minimum Gasteiger partial charge on any atom is -0.466 e.